The molecule has 2 aromatic carbocycles. The quantitative estimate of drug-likeness (QED) is 0.497. The Morgan fingerprint density at radius 1 is 0.963 bits per heavy atom. The number of pyridine rings is 1. The molecule has 4 rings (SSSR count). The van der Waals surface area contributed by atoms with E-state index in [0.29, 0.717) is 30.5 Å². The summed E-state index contributed by atoms with van der Waals surface area (Å²) in [6.45, 7) is 3.14. The number of hydrogen-bond acceptors (Lipinski definition) is 5. The first-order chi connectivity index (χ1) is 13.3. The summed E-state index contributed by atoms with van der Waals surface area (Å²) in [6, 6.07) is 19.3. The third-order valence-corrected chi connectivity index (χ3v) is 4.01. The van der Waals surface area contributed by atoms with Crippen molar-refractivity contribution in [3.63, 3.8) is 0 Å². The van der Waals surface area contributed by atoms with E-state index < -0.39 is 0 Å². The van der Waals surface area contributed by atoms with Crippen molar-refractivity contribution in [2.24, 2.45) is 0 Å². The molecule has 6 nitrogen and oxygen atoms in total. The van der Waals surface area contributed by atoms with E-state index in [9.17, 15) is 0 Å². The van der Waals surface area contributed by atoms with E-state index in [1.165, 1.54) is 0 Å². The van der Waals surface area contributed by atoms with Gasteiger partial charge in [-0.05, 0) is 36.8 Å². The van der Waals surface area contributed by atoms with Gasteiger partial charge in [-0.15, -0.1) is 0 Å². The largest absolute Gasteiger partial charge is 0.490 e. The van der Waals surface area contributed by atoms with Crippen LogP contribution in [0.15, 0.2) is 66.9 Å². The lowest BCUT2D eigenvalue weighted by Gasteiger charge is -2.11. The molecule has 0 bridgehead atoms. The van der Waals surface area contributed by atoms with E-state index in [4.69, 9.17) is 9.47 Å². The van der Waals surface area contributed by atoms with Gasteiger partial charge in [-0.25, -0.2) is 9.97 Å². The van der Waals surface area contributed by atoms with Gasteiger partial charge in [-0.1, -0.05) is 30.3 Å². The van der Waals surface area contributed by atoms with Crippen molar-refractivity contribution in [1.82, 2.24) is 15.0 Å². The number of aromatic nitrogens is 3. The van der Waals surface area contributed by atoms with Crippen LogP contribution in [0.2, 0.25) is 0 Å². The highest BCUT2D eigenvalue weighted by molar-refractivity contribution is 5.77. The normalized spacial score (nSPS) is 10.7. The zero-order valence-corrected chi connectivity index (χ0v) is 15.0. The van der Waals surface area contributed by atoms with Crippen molar-refractivity contribution in [2.45, 2.75) is 13.5 Å². The summed E-state index contributed by atoms with van der Waals surface area (Å²) in [5.41, 5.74) is 2.98. The maximum atomic E-state index is 5.84. The number of imidazole rings is 1. The second-order valence-corrected chi connectivity index (χ2v) is 5.94. The van der Waals surface area contributed by atoms with Crippen LogP contribution < -0.4 is 14.8 Å². The molecule has 27 heavy (non-hydrogen) atoms. The molecule has 136 valence electrons. The molecule has 4 aromatic rings. The molecule has 2 N–H and O–H groups in total. The lowest BCUT2D eigenvalue weighted by molar-refractivity contribution is 0.319. The SMILES string of the molecule is CCOc1ccccc1Oc1ccc(CNc2nc3ccccc3[nH]2)cn1. The van der Waals surface area contributed by atoms with Gasteiger partial charge in [0.15, 0.2) is 11.5 Å². The Balaban J connectivity index is 1.40. The van der Waals surface area contributed by atoms with Crippen LogP contribution in [0.5, 0.6) is 17.4 Å². The van der Waals surface area contributed by atoms with Gasteiger partial charge >= 0.3 is 0 Å². The summed E-state index contributed by atoms with van der Waals surface area (Å²) in [6.07, 6.45) is 1.79. The van der Waals surface area contributed by atoms with E-state index >= 15 is 0 Å². The monoisotopic (exact) mass is 360 g/mol. The Morgan fingerprint density at radius 2 is 1.78 bits per heavy atom. The number of fused-ring (bicyclic) bond motifs is 1. The first kappa shape index (κ1) is 16.9. The summed E-state index contributed by atoms with van der Waals surface area (Å²) in [5.74, 6) is 2.62. The molecule has 0 aliphatic heterocycles. The zero-order chi connectivity index (χ0) is 18.5. The fourth-order valence-corrected chi connectivity index (χ4v) is 2.72. The topological polar surface area (TPSA) is 72.1 Å². The first-order valence-corrected chi connectivity index (χ1v) is 8.85. The molecule has 0 fully saturated rings. The third-order valence-electron chi connectivity index (χ3n) is 4.01. The van der Waals surface area contributed by atoms with Gasteiger partial charge in [0.1, 0.15) is 0 Å². The number of hydrogen-bond donors (Lipinski definition) is 2. The molecule has 0 radical (unpaired) electrons. The van der Waals surface area contributed by atoms with Crippen molar-refractivity contribution in [3.05, 3.63) is 72.4 Å². The molecule has 0 saturated carbocycles. The van der Waals surface area contributed by atoms with Crippen molar-refractivity contribution in [2.75, 3.05) is 11.9 Å². The number of aromatic amines is 1. The van der Waals surface area contributed by atoms with E-state index in [2.05, 4.69) is 20.3 Å². The first-order valence-electron chi connectivity index (χ1n) is 8.85. The minimum atomic E-state index is 0.523. The Labute approximate surface area is 157 Å². The van der Waals surface area contributed by atoms with Crippen molar-refractivity contribution < 1.29 is 9.47 Å². The second-order valence-electron chi connectivity index (χ2n) is 5.94. The van der Waals surface area contributed by atoms with E-state index in [1.54, 1.807) is 6.20 Å². The Bertz CT molecular complexity index is 995. The van der Waals surface area contributed by atoms with Crippen LogP contribution in [0.3, 0.4) is 0 Å². The number of ether oxygens (including phenoxy) is 2. The lowest BCUT2D eigenvalue weighted by atomic mass is 10.3. The highest BCUT2D eigenvalue weighted by atomic mass is 16.5. The number of H-pyrrole nitrogens is 1. The Hall–Kier alpha value is -3.54. The molecule has 0 atom stereocenters. The number of nitrogens with one attached hydrogen (secondary N) is 2. The average Bonchev–Trinajstić information content (AvgIpc) is 3.12. The van der Waals surface area contributed by atoms with Crippen LogP contribution in [-0.4, -0.2) is 21.6 Å². The zero-order valence-electron chi connectivity index (χ0n) is 15.0. The molecular weight excluding hydrogens is 340 g/mol. The number of rotatable bonds is 7. The third kappa shape index (κ3) is 4.00. The summed E-state index contributed by atoms with van der Waals surface area (Å²) < 4.78 is 11.4. The minimum absolute atomic E-state index is 0.523. The van der Waals surface area contributed by atoms with Gasteiger partial charge in [0.2, 0.25) is 11.8 Å². The Morgan fingerprint density at radius 3 is 2.56 bits per heavy atom. The summed E-state index contributed by atoms with van der Waals surface area (Å²) >= 11 is 0. The van der Waals surface area contributed by atoms with Gasteiger partial charge in [-0.2, -0.15) is 0 Å². The standard InChI is InChI=1S/C21H20N4O2/c1-2-26-18-9-5-6-10-19(18)27-20-12-11-15(13-22-20)14-23-21-24-16-7-3-4-8-17(16)25-21/h3-13H,2,14H2,1H3,(H2,23,24,25). The summed E-state index contributed by atoms with van der Waals surface area (Å²) in [7, 11) is 0. The van der Waals surface area contributed by atoms with Crippen LogP contribution in [0.4, 0.5) is 5.95 Å². The average molecular weight is 360 g/mol. The van der Waals surface area contributed by atoms with Gasteiger partial charge in [0.25, 0.3) is 0 Å². The van der Waals surface area contributed by atoms with Crippen molar-refractivity contribution in [3.8, 4) is 17.4 Å². The fraction of sp³-hybridized carbons (Fsp3) is 0.143. The number of benzene rings is 2. The fourth-order valence-electron chi connectivity index (χ4n) is 2.72. The van der Waals surface area contributed by atoms with Crippen molar-refractivity contribution >= 4 is 17.0 Å². The predicted molar refractivity (Wildman–Crippen MR) is 105 cm³/mol. The van der Waals surface area contributed by atoms with E-state index in [1.807, 2.05) is 67.6 Å². The molecule has 0 spiro atoms. The highest BCUT2D eigenvalue weighted by Crippen LogP contribution is 2.30. The van der Waals surface area contributed by atoms with Crippen LogP contribution in [0, 0.1) is 0 Å². The van der Waals surface area contributed by atoms with Crippen LogP contribution >= 0.6 is 0 Å². The molecule has 2 heterocycles. The van der Waals surface area contributed by atoms with Gasteiger partial charge in [0, 0.05) is 18.8 Å². The van der Waals surface area contributed by atoms with Gasteiger partial charge in [-0.3, -0.25) is 0 Å². The van der Waals surface area contributed by atoms with Crippen LogP contribution in [0.25, 0.3) is 11.0 Å². The maximum Gasteiger partial charge on any atom is 0.219 e. The molecule has 0 aliphatic carbocycles. The molecule has 6 heteroatoms. The number of anilines is 1. The summed E-state index contributed by atoms with van der Waals surface area (Å²) in [4.78, 5) is 12.1. The molecule has 0 saturated heterocycles. The van der Waals surface area contributed by atoms with E-state index in [-0.39, 0.29) is 0 Å². The lowest BCUT2D eigenvalue weighted by Crippen LogP contribution is -2.01. The number of para-hydroxylation sites is 4. The van der Waals surface area contributed by atoms with Gasteiger partial charge < -0.3 is 19.8 Å². The Kier molecular flexibility index (Phi) is 4.87. The predicted octanol–water partition coefficient (Wildman–Crippen LogP) is 4.76. The molecule has 0 aliphatic rings. The molecular formula is C21H20N4O2. The van der Waals surface area contributed by atoms with Crippen molar-refractivity contribution in [1.29, 1.82) is 0 Å². The molecule has 0 amide bonds. The van der Waals surface area contributed by atoms with Crippen LogP contribution in [-0.2, 0) is 6.54 Å². The minimum Gasteiger partial charge on any atom is -0.490 e. The van der Waals surface area contributed by atoms with Crippen LogP contribution in [0.1, 0.15) is 12.5 Å². The highest BCUT2D eigenvalue weighted by Gasteiger charge is 2.06. The number of nitrogens with zero attached hydrogens (tertiary/aromatic N) is 2. The molecule has 0 unspecified atom stereocenters. The maximum absolute atomic E-state index is 5.84. The second kappa shape index (κ2) is 7.78. The van der Waals surface area contributed by atoms with E-state index in [0.717, 1.165) is 22.5 Å². The summed E-state index contributed by atoms with van der Waals surface area (Å²) in [5, 5.41) is 3.28. The molecule has 2 aromatic heterocycles. The smallest absolute Gasteiger partial charge is 0.219 e. The van der Waals surface area contributed by atoms with Gasteiger partial charge in [0.05, 0.1) is 17.6 Å².